The van der Waals surface area contributed by atoms with E-state index in [1.54, 1.807) is 49.6 Å². The molecule has 37 heavy (non-hydrogen) atoms. The molecule has 2 aromatic rings. The standard InChI is InChI=1S/C29H38N2O6/c1-7-16-36-24-17-21(10-13-23(24)35-6)26-25(28(33)29(34)31(26)15-14-30(4)5)27(32)20-8-11-22(12-9-20)37-18-19(2)3/h8-13,17,19,26,32H,7,14-16,18H2,1-6H3/b27-25-. The molecular weight excluding hydrogens is 472 g/mol. The molecule has 0 spiro atoms. The van der Waals surface area contributed by atoms with Gasteiger partial charge in [-0.05, 0) is 68.4 Å². The van der Waals surface area contributed by atoms with Crippen molar-refractivity contribution in [1.82, 2.24) is 9.80 Å². The summed E-state index contributed by atoms with van der Waals surface area (Å²) in [6, 6.07) is 11.5. The number of hydrogen-bond acceptors (Lipinski definition) is 7. The summed E-state index contributed by atoms with van der Waals surface area (Å²) >= 11 is 0. The van der Waals surface area contributed by atoms with Crippen LogP contribution >= 0.6 is 0 Å². The molecule has 1 heterocycles. The van der Waals surface area contributed by atoms with Crippen molar-refractivity contribution in [3.63, 3.8) is 0 Å². The van der Waals surface area contributed by atoms with Crippen molar-refractivity contribution in [1.29, 1.82) is 0 Å². The lowest BCUT2D eigenvalue weighted by atomic mass is 9.95. The molecule has 1 saturated heterocycles. The Labute approximate surface area is 219 Å². The first-order valence-electron chi connectivity index (χ1n) is 12.6. The summed E-state index contributed by atoms with van der Waals surface area (Å²) in [5.74, 6) is 0.539. The zero-order valence-electron chi connectivity index (χ0n) is 22.6. The number of aliphatic hydroxyl groups is 1. The third-order valence-corrected chi connectivity index (χ3v) is 6.00. The number of amides is 1. The predicted molar refractivity (Wildman–Crippen MR) is 143 cm³/mol. The largest absolute Gasteiger partial charge is 0.507 e. The van der Waals surface area contributed by atoms with Gasteiger partial charge in [0, 0.05) is 18.7 Å². The van der Waals surface area contributed by atoms with Crippen molar-refractivity contribution < 1.29 is 28.9 Å². The highest BCUT2D eigenvalue weighted by molar-refractivity contribution is 6.46. The Bertz CT molecular complexity index is 1120. The summed E-state index contributed by atoms with van der Waals surface area (Å²) in [6.07, 6.45) is 0.811. The Morgan fingerprint density at radius 3 is 2.35 bits per heavy atom. The fraction of sp³-hybridized carbons (Fsp3) is 0.448. The van der Waals surface area contributed by atoms with E-state index in [0.717, 1.165) is 6.42 Å². The maximum atomic E-state index is 13.3. The van der Waals surface area contributed by atoms with E-state index >= 15 is 0 Å². The molecule has 1 atom stereocenters. The minimum atomic E-state index is -0.772. The molecule has 1 amide bonds. The average Bonchev–Trinajstić information content (AvgIpc) is 3.14. The van der Waals surface area contributed by atoms with E-state index in [0.29, 0.717) is 60.6 Å². The highest BCUT2D eigenvalue weighted by Crippen LogP contribution is 2.42. The SMILES string of the molecule is CCCOc1cc(C2/C(=C(/O)c3ccc(OCC(C)C)cc3)C(=O)C(=O)N2CCN(C)C)ccc1OC. The van der Waals surface area contributed by atoms with Crippen LogP contribution in [0.4, 0.5) is 0 Å². The molecule has 1 fully saturated rings. The van der Waals surface area contributed by atoms with Gasteiger partial charge in [-0.1, -0.05) is 26.8 Å². The molecule has 1 N–H and O–H groups in total. The minimum absolute atomic E-state index is 0.0474. The van der Waals surface area contributed by atoms with E-state index < -0.39 is 17.7 Å². The lowest BCUT2D eigenvalue weighted by Crippen LogP contribution is -2.35. The lowest BCUT2D eigenvalue weighted by Gasteiger charge is -2.27. The zero-order chi connectivity index (χ0) is 27.1. The first kappa shape index (κ1) is 28.1. The average molecular weight is 511 g/mol. The number of hydrogen-bond donors (Lipinski definition) is 1. The van der Waals surface area contributed by atoms with Crippen LogP contribution in [0.5, 0.6) is 17.2 Å². The maximum Gasteiger partial charge on any atom is 0.295 e. The Kier molecular flexibility index (Phi) is 9.58. The highest BCUT2D eigenvalue weighted by atomic mass is 16.5. The van der Waals surface area contributed by atoms with Gasteiger partial charge in [0.15, 0.2) is 11.5 Å². The Hall–Kier alpha value is -3.52. The van der Waals surface area contributed by atoms with Gasteiger partial charge >= 0.3 is 0 Å². The monoisotopic (exact) mass is 510 g/mol. The number of carbonyl (C=O) groups excluding carboxylic acids is 2. The number of ether oxygens (including phenoxy) is 3. The number of likely N-dealkylation sites (tertiary alicyclic amines) is 1. The number of ketones is 1. The van der Waals surface area contributed by atoms with Crippen molar-refractivity contribution in [3.05, 3.63) is 59.2 Å². The topological polar surface area (TPSA) is 88.5 Å². The lowest BCUT2D eigenvalue weighted by molar-refractivity contribution is -0.140. The van der Waals surface area contributed by atoms with Crippen molar-refractivity contribution in [2.75, 3.05) is 47.5 Å². The summed E-state index contributed by atoms with van der Waals surface area (Å²) in [5, 5.41) is 11.3. The van der Waals surface area contributed by atoms with Crippen LogP contribution in [0.1, 0.15) is 44.4 Å². The second kappa shape index (κ2) is 12.6. The number of nitrogens with zero attached hydrogens (tertiary/aromatic N) is 2. The molecule has 1 aliphatic heterocycles. The fourth-order valence-electron chi connectivity index (χ4n) is 4.08. The number of aliphatic hydroxyl groups excluding tert-OH is 1. The van der Waals surface area contributed by atoms with Crippen LogP contribution in [0.3, 0.4) is 0 Å². The molecule has 8 heteroatoms. The second-order valence-electron chi connectivity index (χ2n) is 9.78. The number of rotatable bonds is 12. The van der Waals surface area contributed by atoms with E-state index in [2.05, 4.69) is 13.8 Å². The van der Waals surface area contributed by atoms with E-state index in [4.69, 9.17) is 14.2 Å². The summed E-state index contributed by atoms with van der Waals surface area (Å²) in [5.41, 5.74) is 1.14. The van der Waals surface area contributed by atoms with Gasteiger partial charge in [-0.3, -0.25) is 9.59 Å². The molecule has 0 saturated carbocycles. The Morgan fingerprint density at radius 2 is 1.76 bits per heavy atom. The van der Waals surface area contributed by atoms with E-state index in [9.17, 15) is 14.7 Å². The third kappa shape index (κ3) is 6.63. The molecule has 3 rings (SSSR count). The Balaban J connectivity index is 2.08. The number of benzene rings is 2. The third-order valence-electron chi connectivity index (χ3n) is 6.00. The second-order valence-corrected chi connectivity index (χ2v) is 9.78. The first-order valence-corrected chi connectivity index (χ1v) is 12.6. The quantitative estimate of drug-likeness (QED) is 0.255. The van der Waals surface area contributed by atoms with Crippen LogP contribution in [0.2, 0.25) is 0 Å². The molecule has 0 aromatic heterocycles. The van der Waals surface area contributed by atoms with Crippen molar-refractivity contribution in [3.8, 4) is 17.2 Å². The maximum absolute atomic E-state index is 13.3. The number of methoxy groups -OCH3 is 1. The Morgan fingerprint density at radius 1 is 1.05 bits per heavy atom. The summed E-state index contributed by atoms with van der Waals surface area (Å²) in [4.78, 5) is 29.9. The number of Topliss-reactive ketones (excluding diaryl/α,β-unsaturated/α-hetero) is 1. The van der Waals surface area contributed by atoms with Crippen LogP contribution in [0.25, 0.3) is 5.76 Å². The smallest absolute Gasteiger partial charge is 0.295 e. The first-order chi connectivity index (χ1) is 17.7. The van der Waals surface area contributed by atoms with E-state index in [-0.39, 0.29) is 11.3 Å². The van der Waals surface area contributed by atoms with Gasteiger partial charge in [-0.25, -0.2) is 0 Å². The molecular formula is C29H38N2O6. The predicted octanol–water partition coefficient (Wildman–Crippen LogP) is 4.50. The fourth-order valence-corrected chi connectivity index (χ4v) is 4.08. The molecule has 0 aliphatic carbocycles. The van der Waals surface area contributed by atoms with Gasteiger partial charge in [0.2, 0.25) is 0 Å². The van der Waals surface area contributed by atoms with Crippen LogP contribution in [0.15, 0.2) is 48.0 Å². The number of likely N-dealkylation sites (N-methyl/N-ethyl adjacent to an activating group) is 1. The molecule has 1 unspecified atom stereocenters. The normalized spacial score (nSPS) is 17.1. The summed E-state index contributed by atoms with van der Waals surface area (Å²) in [6.45, 7) is 8.07. The van der Waals surface area contributed by atoms with Gasteiger partial charge in [-0.2, -0.15) is 0 Å². The van der Waals surface area contributed by atoms with Crippen LogP contribution in [-0.4, -0.2) is 74.1 Å². The summed E-state index contributed by atoms with van der Waals surface area (Å²) < 4.78 is 17.1. The summed E-state index contributed by atoms with van der Waals surface area (Å²) in [7, 11) is 5.36. The molecule has 1 aliphatic rings. The van der Waals surface area contributed by atoms with Crippen molar-refractivity contribution in [2.45, 2.75) is 33.2 Å². The van der Waals surface area contributed by atoms with Gasteiger partial charge in [0.05, 0.1) is 31.9 Å². The van der Waals surface area contributed by atoms with Crippen LogP contribution in [0, 0.1) is 5.92 Å². The van der Waals surface area contributed by atoms with Crippen LogP contribution < -0.4 is 14.2 Å². The van der Waals surface area contributed by atoms with Gasteiger partial charge < -0.3 is 29.1 Å². The van der Waals surface area contributed by atoms with Gasteiger partial charge in [0.25, 0.3) is 11.7 Å². The highest BCUT2D eigenvalue weighted by Gasteiger charge is 2.46. The minimum Gasteiger partial charge on any atom is -0.507 e. The molecule has 2 aromatic carbocycles. The molecule has 8 nitrogen and oxygen atoms in total. The van der Waals surface area contributed by atoms with Crippen molar-refractivity contribution >= 4 is 17.4 Å². The molecule has 0 radical (unpaired) electrons. The number of carbonyl (C=O) groups is 2. The van der Waals surface area contributed by atoms with Gasteiger partial charge in [0.1, 0.15) is 11.5 Å². The van der Waals surface area contributed by atoms with Gasteiger partial charge in [-0.15, -0.1) is 0 Å². The van der Waals surface area contributed by atoms with E-state index in [1.807, 2.05) is 25.9 Å². The molecule has 0 bridgehead atoms. The van der Waals surface area contributed by atoms with E-state index in [1.165, 1.54) is 4.90 Å². The van der Waals surface area contributed by atoms with Crippen LogP contribution in [-0.2, 0) is 9.59 Å². The zero-order valence-corrected chi connectivity index (χ0v) is 22.6. The molecule has 200 valence electrons. The van der Waals surface area contributed by atoms with Crippen molar-refractivity contribution in [2.24, 2.45) is 5.92 Å².